The average molecular weight is 370 g/mol. The third kappa shape index (κ3) is 10.4. The van der Waals surface area contributed by atoms with E-state index in [1.54, 1.807) is 0 Å². The molecule has 1 aliphatic heterocycles. The van der Waals surface area contributed by atoms with Crippen LogP contribution in [0, 0.1) is 0 Å². The maximum Gasteiger partial charge on any atom is 1.00 e. The topological polar surface area (TPSA) is 105 Å². The normalized spacial score (nSPS) is 18.5. The summed E-state index contributed by atoms with van der Waals surface area (Å²) in [6, 6.07) is 0. The van der Waals surface area contributed by atoms with Gasteiger partial charge in [-0.1, -0.05) is 71.1 Å². The molecular weight excluding hydrogens is 342 g/mol. The van der Waals surface area contributed by atoms with Crippen LogP contribution in [0.4, 0.5) is 0 Å². The molecule has 1 heterocycles. The molecule has 132 valence electrons. The van der Waals surface area contributed by atoms with Gasteiger partial charge in [-0.2, -0.15) is 0 Å². The van der Waals surface area contributed by atoms with Crippen LogP contribution in [0.25, 0.3) is 0 Å². The Bertz CT molecular complexity index is 433. The van der Waals surface area contributed by atoms with Gasteiger partial charge in [-0.25, -0.2) is 0 Å². The van der Waals surface area contributed by atoms with Crippen LogP contribution in [0.1, 0.15) is 77.6 Å². The Morgan fingerprint density at radius 2 is 1.44 bits per heavy atom. The first kappa shape index (κ1) is 27.6. The zero-order chi connectivity index (χ0) is 17.1. The van der Waals surface area contributed by atoms with Crippen LogP contribution in [0.3, 0.4) is 0 Å². The Morgan fingerprint density at radius 1 is 0.960 bits per heavy atom. The molecule has 1 unspecified atom stereocenters. The fourth-order valence-electron chi connectivity index (χ4n) is 2.91. The van der Waals surface area contributed by atoms with Crippen LogP contribution in [0.2, 0.25) is 0 Å². The van der Waals surface area contributed by atoms with Crippen molar-refractivity contribution >= 4 is 17.8 Å². The Kier molecular flexibility index (Phi) is 17.1. The van der Waals surface area contributed by atoms with Crippen molar-refractivity contribution in [3.63, 3.8) is 0 Å². The zero-order valence-electron chi connectivity index (χ0n) is 16.1. The molecule has 1 atom stereocenters. The first-order valence-corrected chi connectivity index (χ1v) is 8.78. The molecule has 0 spiro atoms. The second kappa shape index (κ2) is 15.5. The predicted molar refractivity (Wildman–Crippen MR) is 84.6 cm³/mol. The number of nitrogens with zero attached hydrogens (tertiary/aromatic N) is 1. The van der Waals surface area contributed by atoms with Crippen molar-refractivity contribution in [2.45, 2.75) is 83.1 Å². The average Bonchev–Trinajstić information content (AvgIpc) is 2.95. The standard InChI is InChI=1S/C17H30N2O4.2Na/c1-2-3-4-5-6-7-8-9-10-11-12-17(16(22)23)13-18-14(19-17)15(20)21;;/h2-13H2,1H3,(H,18,19)(H,20,21)(H,22,23);;/q;2*+1/p-2. The smallest absolute Gasteiger partial charge is 0.547 e. The van der Waals surface area contributed by atoms with Crippen molar-refractivity contribution in [3.05, 3.63) is 0 Å². The molecule has 0 amide bonds. The Hall–Kier alpha value is 0.410. The van der Waals surface area contributed by atoms with Gasteiger partial charge in [-0.3, -0.25) is 4.99 Å². The molecule has 25 heavy (non-hydrogen) atoms. The Balaban J connectivity index is 0. The van der Waals surface area contributed by atoms with Crippen LogP contribution in [0.5, 0.6) is 0 Å². The van der Waals surface area contributed by atoms with E-state index >= 15 is 0 Å². The summed E-state index contributed by atoms with van der Waals surface area (Å²) >= 11 is 0. The number of unbranched alkanes of at least 4 members (excludes halogenated alkanes) is 9. The molecule has 0 aromatic rings. The summed E-state index contributed by atoms with van der Waals surface area (Å²) < 4.78 is 0. The van der Waals surface area contributed by atoms with Gasteiger partial charge in [0, 0.05) is 6.54 Å². The van der Waals surface area contributed by atoms with E-state index in [0.717, 1.165) is 19.3 Å². The maximum absolute atomic E-state index is 11.3. The number of rotatable bonds is 13. The monoisotopic (exact) mass is 370 g/mol. The molecule has 1 N–H and O–H groups in total. The van der Waals surface area contributed by atoms with Crippen LogP contribution >= 0.6 is 0 Å². The number of nitrogens with one attached hydrogen (secondary N) is 1. The number of carboxylic acids is 2. The van der Waals surface area contributed by atoms with Crippen molar-refractivity contribution < 1.29 is 78.9 Å². The van der Waals surface area contributed by atoms with E-state index in [4.69, 9.17) is 0 Å². The summed E-state index contributed by atoms with van der Waals surface area (Å²) in [5, 5.41) is 24.5. The molecule has 0 saturated heterocycles. The number of carbonyl (C=O) groups excluding carboxylic acids is 2. The van der Waals surface area contributed by atoms with Crippen molar-refractivity contribution in [2.75, 3.05) is 6.54 Å². The van der Waals surface area contributed by atoms with Crippen molar-refractivity contribution in [1.82, 2.24) is 5.32 Å². The number of aliphatic imine (C=N–C) groups is 1. The van der Waals surface area contributed by atoms with E-state index in [1.165, 1.54) is 38.5 Å². The maximum atomic E-state index is 11.3. The molecule has 6 nitrogen and oxygen atoms in total. The molecule has 1 rings (SSSR count). The largest absolute Gasteiger partial charge is 1.00 e. The molecular formula is C17H28N2Na2O4. The van der Waals surface area contributed by atoms with E-state index in [1.807, 2.05) is 0 Å². The first-order chi connectivity index (χ1) is 11.0. The van der Waals surface area contributed by atoms with E-state index < -0.39 is 17.5 Å². The van der Waals surface area contributed by atoms with Gasteiger partial charge in [0.05, 0.1) is 5.97 Å². The second-order valence-corrected chi connectivity index (χ2v) is 6.35. The third-order valence-corrected chi connectivity index (χ3v) is 4.39. The molecule has 0 saturated carbocycles. The molecule has 0 radical (unpaired) electrons. The van der Waals surface area contributed by atoms with E-state index in [9.17, 15) is 19.8 Å². The van der Waals surface area contributed by atoms with Gasteiger partial charge in [0.1, 0.15) is 17.3 Å². The SMILES string of the molecule is CCCCCCCCCCCCC1(C(=O)[O-])CNC(C(=O)[O-])=N1.[Na+].[Na+]. The summed E-state index contributed by atoms with van der Waals surface area (Å²) in [4.78, 5) is 25.8. The Morgan fingerprint density at radius 3 is 1.84 bits per heavy atom. The number of carboxylic acid groups (broad SMARTS) is 2. The first-order valence-electron chi connectivity index (χ1n) is 8.78. The molecule has 0 bridgehead atoms. The predicted octanol–water partition coefficient (Wildman–Crippen LogP) is -5.45. The van der Waals surface area contributed by atoms with E-state index in [-0.39, 0.29) is 71.5 Å². The van der Waals surface area contributed by atoms with Crippen LogP contribution in [-0.4, -0.2) is 29.9 Å². The summed E-state index contributed by atoms with van der Waals surface area (Å²) in [5.74, 6) is -3.19. The summed E-state index contributed by atoms with van der Waals surface area (Å²) in [5.41, 5.74) is -1.45. The number of hydrogen-bond acceptors (Lipinski definition) is 6. The molecule has 0 aromatic carbocycles. The second-order valence-electron chi connectivity index (χ2n) is 6.35. The van der Waals surface area contributed by atoms with E-state index in [2.05, 4.69) is 17.2 Å². The Labute approximate surface area is 195 Å². The van der Waals surface area contributed by atoms with Crippen LogP contribution in [-0.2, 0) is 9.59 Å². The molecule has 0 aliphatic carbocycles. The number of hydrogen-bond donors (Lipinski definition) is 1. The van der Waals surface area contributed by atoms with Gasteiger partial charge < -0.3 is 25.1 Å². The molecule has 8 heteroatoms. The van der Waals surface area contributed by atoms with Gasteiger partial charge in [0.2, 0.25) is 0 Å². The molecule has 0 aromatic heterocycles. The van der Waals surface area contributed by atoms with Crippen molar-refractivity contribution in [2.24, 2.45) is 4.99 Å². The molecule has 1 aliphatic rings. The van der Waals surface area contributed by atoms with E-state index in [0.29, 0.717) is 12.8 Å². The fraction of sp³-hybridized carbons (Fsp3) is 0.824. The number of carbonyl (C=O) groups is 2. The number of amidine groups is 1. The minimum absolute atomic E-state index is 0. The molecule has 0 fully saturated rings. The third-order valence-electron chi connectivity index (χ3n) is 4.39. The van der Waals surface area contributed by atoms with Gasteiger partial charge in [0.25, 0.3) is 0 Å². The fourth-order valence-corrected chi connectivity index (χ4v) is 2.91. The quantitative estimate of drug-likeness (QED) is 0.257. The van der Waals surface area contributed by atoms with Gasteiger partial charge in [-0.15, -0.1) is 0 Å². The minimum Gasteiger partial charge on any atom is -0.547 e. The van der Waals surface area contributed by atoms with Crippen LogP contribution < -0.4 is 74.6 Å². The van der Waals surface area contributed by atoms with Gasteiger partial charge in [-0.05, 0) is 6.42 Å². The zero-order valence-corrected chi connectivity index (χ0v) is 20.1. The van der Waals surface area contributed by atoms with Gasteiger partial charge >= 0.3 is 59.1 Å². The van der Waals surface area contributed by atoms with Crippen molar-refractivity contribution in [3.8, 4) is 0 Å². The van der Waals surface area contributed by atoms with Gasteiger partial charge in [0.15, 0.2) is 0 Å². The summed E-state index contributed by atoms with van der Waals surface area (Å²) in [7, 11) is 0. The summed E-state index contributed by atoms with van der Waals surface area (Å²) in [6.45, 7) is 2.18. The number of aliphatic carboxylic acids is 2. The summed E-state index contributed by atoms with van der Waals surface area (Å²) in [6.07, 6.45) is 11.9. The van der Waals surface area contributed by atoms with Crippen LogP contribution in [0.15, 0.2) is 4.99 Å². The minimum atomic E-state index is -1.48. The van der Waals surface area contributed by atoms with Crippen molar-refractivity contribution in [1.29, 1.82) is 0 Å².